The smallest absolute Gasteiger partial charge is 0.219 e. The fraction of sp³-hybridized carbons (Fsp3) is 0.267. The van der Waals surface area contributed by atoms with E-state index in [-0.39, 0.29) is 0 Å². The number of alkyl halides is 1. The van der Waals surface area contributed by atoms with Crippen LogP contribution in [0.5, 0.6) is 11.6 Å². The van der Waals surface area contributed by atoms with E-state index in [0.29, 0.717) is 11.8 Å². The molecule has 1 aromatic carbocycles. The van der Waals surface area contributed by atoms with Gasteiger partial charge in [-0.1, -0.05) is 25.1 Å². The van der Waals surface area contributed by atoms with Crippen LogP contribution in [-0.2, 0) is 12.3 Å². The summed E-state index contributed by atoms with van der Waals surface area (Å²) in [6.45, 7) is 4.07. The molecule has 0 N–H and O–H groups in total. The molecule has 0 aliphatic heterocycles. The third-order valence-electron chi connectivity index (χ3n) is 2.87. The van der Waals surface area contributed by atoms with E-state index in [1.54, 1.807) is 0 Å². The summed E-state index contributed by atoms with van der Waals surface area (Å²) in [6, 6.07) is 11.9. The summed E-state index contributed by atoms with van der Waals surface area (Å²) in [6.07, 6.45) is 1.03. The van der Waals surface area contributed by atoms with Crippen molar-refractivity contribution in [3.8, 4) is 11.6 Å². The van der Waals surface area contributed by atoms with Crippen molar-refractivity contribution in [3.05, 3.63) is 53.2 Å². The lowest BCUT2D eigenvalue weighted by atomic mass is 10.2. The molecule has 0 atom stereocenters. The lowest BCUT2D eigenvalue weighted by Gasteiger charge is -2.07. The van der Waals surface area contributed by atoms with Gasteiger partial charge in [0.25, 0.3) is 0 Å². The van der Waals surface area contributed by atoms with Crippen molar-refractivity contribution in [1.29, 1.82) is 0 Å². The van der Waals surface area contributed by atoms with Gasteiger partial charge >= 0.3 is 0 Å². The summed E-state index contributed by atoms with van der Waals surface area (Å²) < 4.78 is 5.70. The molecule has 3 heteroatoms. The van der Waals surface area contributed by atoms with Gasteiger partial charge in [0, 0.05) is 17.6 Å². The molecular formula is C15H16ClNO. The summed E-state index contributed by atoms with van der Waals surface area (Å²) in [5.41, 5.74) is 3.24. The lowest BCUT2D eigenvalue weighted by molar-refractivity contribution is 0.461. The van der Waals surface area contributed by atoms with Gasteiger partial charge in [0.2, 0.25) is 5.88 Å². The largest absolute Gasteiger partial charge is 0.439 e. The Labute approximate surface area is 113 Å². The molecule has 0 saturated heterocycles. The number of aryl methyl sites for hydroxylation is 2. The molecule has 0 spiro atoms. The molecule has 0 aliphatic rings. The van der Waals surface area contributed by atoms with E-state index in [2.05, 4.69) is 24.0 Å². The van der Waals surface area contributed by atoms with Crippen molar-refractivity contribution in [1.82, 2.24) is 4.98 Å². The number of pyridine rings is 1. The van der Waals surface area contributed by atoms with E-state index in [1.807, 2.05) is 31.2 Å². The number of nitrogens with zero attached hydrogens (tertiary/aromatic N) is 1. The van der Waals surface area contributed by atoms with Crippen LogP contribution < -0.4 is 4.74 Å². The molecule has 0 radical (unpaired) electrons. The third-order valence-corrected chi connectivity index (χ3v) is 3.16. The van der Waals surface area contributed by atoms with Crippen LogP contribution in [0.15, 0.2) is 36.4 Å². The topological polar surface area (TPSA) is 22.1 Å². The van der Waals surface area contributed by atoms with Gasteiger partial charge in [0.05, 0.1) is 0 Å². The first kappa shape index (κ1) is 12.9. The number of hydrogen-bond donors (Lipinski definition) is 0. The fourth-order valence-corrected chi connectivity index (χ4v) is 1.96. The highest BCUT2D eigenvalue weighted by atomic mass is 35.5. The molecule has 0 unspecified atom stereocenters. The molecule has 1 heterocycles. The van der Waals surface area contributed by atoms with Crippen LogP contribution in [0.3, 0.4) is 0 Å². The van der Waals surface area contributed by atoms with Gasteiger partial charge in [-0.2, -0.15) is 0 Å². The second-order valence-electron chi connectivity index (χ2n) is 4.13. The minimum atomic E-state index is 0.476. The predicted octanol–water partition coefficient (Wildman–Crippen LogP) is 4.48. The fourth-order valence-electron chi connectivity index (χ4n) is 1.68. The molecule has 94 valence electrons. The molecule has 18 heavy (non-hydrogen) atoms. The Balaban J connectivity index is 2.15. The van der Waals surface area contributed by atoms with Crippen LogP contribution >= 0.6 is 11.6 Å². The molecule has 0 amide bonds. The van der Waals surface area contributed by atoms with Crippen molar-refractivity contribution >= 4 is 11.6 Å². The zero-order valence-corrected chi connectivity index (χ0v) is 11.4. The zero-order chi connectivity index (χ0) is 13.0. The van der Waals surface area contributed by atoms with Gasteiger partial charge in [-0.05, 0) is 36.6 Å². The molecule has 1 aromatic heterocycles. The highest BCUT2D eigenvalue weighted by molar-refractivity contribution is 6.17. The van der Waals surface area contributed by atoms with Gasteiger partial charge in [-0.3, -0.25) is 0 Å². The number of rotatable bonds is 4. The monoisotopic (exact) mass is 261 g/mol. The molecule has 2 nitrogen and oxygen atoms in total. The Morgan fingerprint density at radius 2 is 1.83 bits per heavy atom. The highest BCUT2D eigenvalue weighted by Gasteiger charge is 2.03. The maximum Gasteiger partial charge on any atom is 0.219 e. The lowest BCUT2D eigenvalue weighted by Crippen LogP contribution is -1.93. The van der Waals surface area contributed by atoms with Gasteiger partial charge in [0.1, 0.15) is 5.75 Å². The summed E-state index contributed by atoms with van der Waals surface area (Å²) in [5.74, 6) is 1.88. The molecule has 0 saturated carbocycles. The minimum Gasteiger partial charge on any atom is -0.439 e. The van der Waals surface area contributed by atoms with Gasteiger partial charge < -0.3 is 4.74 Å². The number of benzene rings is 1. The molecule has 0 aliphatic carbocycles. The first-order valence-corrected chi connectivity index (χ1v) is 6.55. The molecule has 2 aromatic rings. The zero-order valence-electron chi connectivity index (χ0n) is 10.6. The average molecular weight is 262 g/mol. The van der Waals surface area contributed by atoms with Crippen molar-refractivity contribution in [2.75, 3.05) is 0 Å². The highest BCUT2D eigenvalue weighted by Crippen LogP contribution is 2.21. The Hall–Kier alpha value is -1.54. The standard InChI is InChI=1S/C15H16ClNO/c1-3-12-4-7-14(8-5-12)18-15-9-6-13(10-16)11(2)17-15/h4-9H,3,10H2,1-2H3. The summed E-state index contributed by atoms with van der Waals surface area (Å²) in [7, 11) is 0. The van der Waals surface area contributed by atoms with Gasteiger partial charge in [0.15, 0.2) is 0 Å². The molecule has 0 fully saturated rings. The Morgan fingerprint density at radius 3 is 2.39 bits per heavy atom. The average Bonchev–Trinajstić information content (AvgIpc) is 2.40. The minimum absolute atomic E-state index is 0.476. The number of ether oxygens (including phenoxy) is 1. The van der Waals surface area contributed by atoms with Gasteiger partial charge in [-0.25, -0.2) is 4.98 Å². The van der Waals surface area contributed by atoms with Crippen LogP contribution in [-0.4, -0.2) is 4.98 Å². The summed E-state index contributed by atoms with van der Waals surface area (Å²) in [5, 5.41) is 0. The van der Waals surface area contributed by atoms with E-state index >= 15 is 0 Å². The van der Waals surface area contributed by atoms with Crippen molar-refractivity contribution in [2.45, 2.75) is 26.1 Å². The van der Waals surface area contributed by atoms with Gasteiger partial charge in [-0.15, -0.1) is 11.6 Å². The van der Waals surface area contributed by atoms with E-state index in [1.165, 1.54) is 5.56 Å². The van der Waals surface area contributed by atoms with Crippen LogP contribution in [0.2, 0.25) is 0 Å². The van der Waals surface area contributed by atoms with E-state index in [0.717, 1.165) is 23.4 Å². The maximum absolute atomic E-state index is 5.80. The van der Waals surface area contributed by atoms with E-state index in [9.17, 15) is 0 Å². The van der Waals surface area contributed by atoms with E-state index in [4.69, 9.17) is 16.3 Å². The second-order valence-corrected chi connectivity index (χ2v) is 4.39. The van der Waals surface area contributed by atoms with Crippen LogP contribution in [0, 0.1) is 6.92 Å². The summed E-state index contributed by atoms with van der Waals surface area (Å²) >= 11 is 5.80. The van der Waals surface area contributed by atoms with Crippen LogP contribution in [0.4, 0.5) is 0 Å². The normalized spacial score (nSPS) is 10.4. The first-order chi connectivity index (χ1) is 8.72. The Kier molecular flexibility index (Phi) is 4.21. The van der Waals surface area contributed by atoms with Crippen LogP contribution in [0.1, 0.15) is 23.7 Å². The van der Waals surface area contributed by atoms with Crippen molar-refractivity contribution in [2.24, 2.45) is 0 Å². The Bertz CT molecular complexity index is 523. The second kappa shape index (κ2) is 5.87. The number of halogens is 1. The Morgan fingerprint density at radius 1 is 1.11 bits per heavy atom. The molecular weight excluding hydrogens is 246 g/mol. The first-order valence-electron chi connectivity index (χ1n) is 6.02. The third kappa shape index (κ3) is 3.02. The maximum atomic E-state index is 5.80. The van der Waals surface area contributed by atoms with Crippen molar-refractivity contribution in [3.63, 3.8) is 0 Å². The van der Waals surface area contributed by atoms with Crippen LogP contribution in [0.25, 0.3) is 0 Å². The predicted molar refractivity (Wildman–Crippen MR) is 74.4 cm³/mol. The molecule has 2 rings (SSSR count). The molecule has 0 bridgehead atoms. The summed E-state index contributed by atoms with van der Waals surface area (Å²) in [4.78, 5) is 4.38. The quantitative estimate of drug-likeness (QED) is 0.757. The SMILES string of the molecule is CCc1ccc(Oc2ccc(CCl)c(C)n2)cc1. The number of hydrogen-bond acceptors (Lipinski definition) is 2. The number of aromatic nitrogens is 1. The van der Waals surface area contributed by atoms with E-state index < -0.39 is 0 Å². The van der Waals surface area contributed by atoms with Crippen molar-refractivity contribution < 1.29 is 4.74 Å².